The molecule has 0 aliphatic heterocycles. The zero-order valence-electron chi connectivity index (χ0n) is 11.0. The fourth-order valence-electron chi connectivity index (χ4n) is 1.99. The largest absolute Gasteiger partial charge is 0.497 e. The third-order valence-corrected chi connectivity index (χ3v) is 2.94. The van der Waals surface area contributed by atoms with Crippen LogP contribution >= 0.6 is 0 Å². The molecule has 19 heavy (non-hydrogen) atoms. The van der Waals surface area contributed by atoms with Crippen molar-refractivity contribution in [2.75, 3.05) is 14.2 Å². The normalized spacial score (nSPS) is 11.9. The molecule has 2 aromatic rings. The van der Waals surface area contributed by atoms with Gasteiger partial charge in [-0.2, -0.15) is 0 Å². The maximum Gasteiger partial charge on any atom is 0.142 e. The van der Waals surface area contributed by atoms with Gasteiger partial charge in [0.15, 0.2) is 0 Å². The van der Waals surface area contributed by atoms with Gasteiger partial charge in [-0.25, -0.2) is 5.43 Å². The minimum atomic E-state index is -0.187. The molecule has 0 aliphatic carbocycles. The lowest BCUT2D eigenvalue weighted by Gasteiger charge is -2.19. The Labute approximate surface area is 112 Å². The Morgan fingerprint density at radius 2 is 2.05 bits per heavy atom. The van der Waals surface area contributed by atoms with Gasteiger partial charge in [0.05, 0.1) is 26.5 Å². The molecule has 1 aromatic carbocycles. The summed E-state index contributed by atoms with van der Waals surface area (Å²) in [5.74, 6) is 7.16. The van der Waals surface area contributed by atoms with Crippen LogP contribution in [0.4, 0.5) is 0 Å². The van der Waals surface area contributed by atoms with Crippen LogP contribution in [0.25, 0.3) is 0 Å². The van der Waals surface area contributed by atoms with Crippen LogP contribution in [0, 0.1) is 0 Å². The molecule has 1 atom stereocenters. The van der Waals surface area contributed by atoms with Crippen molar-refractivity contribution < 1.29 is 9.47 Å². The topological polar surface area (TPSA) is 69.4 Å². The molecule has 0 saturated heterocycles. The number of ether oxygens (including phenoxy) is 2. The van der Waals surface area contributed by atoms with E-state index in [1.54, 1.807) is 26.6 Å². The Balaban J connectivity index is 2.43. The summed E-state index contributed by atoms with van der Waals surface area (Å²) in [4.78, 5) is 4.04. The number of hydrogen-bond acceptors (Lipinski definition) is 5. The number of methoxy groups -OCH3 is 2. The van der Waals surface area contributed by atoms with E-state index in [1.165, 1.54) is 0 Å². The average Bonchev–Trinajstić information content (AvgIpc) is 2.49. The first kappa shape index (κ1) is 13.3. The summed E-state index contributed by atoms with van der Waals surface area (Å²) in [6, 6.07) is 9.42. The van der Waals surface area contributed by atoms with Crippen LogP contribution in [0.3, 0.4) is 0 Å². The Morgan fingerprint density at radius 3 is 2.74 bits per heavy atom. The highest BCUT2D eigenvalue weighted by Crippen LogP contribution is 2.30. The molecule has 0 fully saturated rings. The van der Waals surface area contributed by atoms with Crippen molar-refractivity contribution in [2.24, 2.45) is 5.84 Å². The highest BCUT2D eigenvalue weighted by molar-refractivity contribution is 5.41. The Kier molecular flexibility index (Phi) is 4.33. The first-order chi connectivity index (χ1) is 9.30. The van der Waals surface area contributed by atoms with Gasteiger partial charge in [0.25, 0.3) is 0 Å². The highest BCUT2D eigenvalue weighted by Gasteiger charge is 2.17. The van der Waals surface area contributed by atoms with Gasteiger partial charge in [-0.15, -0.1) is 0 Å². The van der Waals surface area contributed by atoms with Crippen molar-refractivity contribution in [1.29, 1.82) is 0 Å². The second kappa shape index (κ2) is 6.17. The van der Waals surface area contributed by atoms with E-state index < -0.39 is 0 Å². The standard InChI is InChI=1S/C14H17N3O2/c1-18-11-5-3-4-10(8-11)14(17-15)12-6-7-16-9-13(12)19-2/h3-9,14,17H,15H2,1-2H3. The van der Waals surface area contributed by atoms with Crippen LogP contribution in [-0.2, 0) is 0 Å². The summed E-state index contributed by atoms with van der Waals surface area (Å²) in [5, 5.41) is 0. The first-order valence-corrected chi connectivity index (χ1v) is 5.88. The van der Waals surface area contributed by atoms with Crippen molar-refractivity contribution in [1.82, 2.24) is 10.4 Å². The van der Waals surface area contributed by atoms with Crippen LogP contribution in [0.2, 0.25) is 0 Å². The quantitative estimate of drug-likeness (QED) is 0.631. The zero-order chi connectivity index (χ0) is 13.7. The molecular weight excluding hydrogens is 242 g/mol. The van der Waals surface area contributed by atoms with Crippen molar-refractivity contribution in [3.8, 4) is 11.5 Å². The van der Waals surface area contributed by atoms with E-state index in [9.17, 15) is 0 Å². The lowest BCUT2D eigenvalue weighted by atomic mass is 9.99. The van der Waals surface area contributed by atoms with Crippen molar-refractivity contribution in [3.05, 3.63) is 53.9 Å². The molecule has 0 bridgehead atoms. The van der Waals surface area contributed by atoms with Gasteiger partial charge >= 0.3 is 0 Å². The monoisotopic (exact) mass is 259 g/mol. The van der Waals surface area contributed by atoms with Crippen LogP contribution in [0.5, 0.6) is 11.5 Å². The molecule has 0 radical (unpaired) electrons. The number of nitrogens with two attached hydrogens (primary N) is 1. The van der Waals surface area contributed by atoms with E-state index in [-0.39, 0.29) is 6.04 Å². The Bertz CT molecular complexity index is 546. The fraction of sp³-hybridized carbons (Fsp3) is 0.214. The van der Waals surface area contributed by atoms with Crippen LogP contribution in [-0.4, -0.2) is 19.2 Å². The number of nitrogens with zero attached hydrogens (tertiary/aromatic N) is 1. The molecule has 100 valence electrons. The van der Waals surface area contributed by atoms with Crippen molar-refractivity contribution in [2.45, 2.75) is 6.04 Å². The van der Waals surface area contributed by atoms with E-state index >= 15 is 0 Å². The zero-order valence-corrected chi connectivity index (χ0v) is 11.0. The molecule has 3 N–H and O–H groups in total. The number of hydrogen-bond donors (Lipinski definition) is 2. The molecule has 0 spiro atoms. The number of nitrogens with one attached hydrogen (secondary N) is 1. The lowest BCUT2D eigenvalue weighted by molar-refractivity contribution is 0.401. The van der Waals surface area contributed by atoms with Crippen LogP contribution in [0.1, 0.15) is 17.2 Å². The molecule has 0 amide bonds. The number of benzene rings is 1. The predicted molar refractivity (Wildman–Crippen MR) is 72.9 cm³/mol. The summed E-state index contributed by atoms with van der Waals surface area (Å²) in [7, 11) is 3.25. The minimum absolute atomic E-state index is 0.187. The summed E-state index contributed by atoms with van der Waals surface area (Å²) in [6.45, 7) is 0. The smallest absolute Gasteiger partial charge is 0.142 e. The number of aromatic nitrogens is 1. The van der Waals surface area contributed by atoms with Crippen molar-refractivity contribution >= 4 is 0 Å². The van der Waals surface area contributed by atoms with Crippen LogP contribution in [0.15, 0.2) is 42.7 Å². The van der Waals surface area contributed by atoms with Gasteiger partial charge in [0.1, 0.15) is 11.5 Å². The van der Waals surface area contributed by atoms with Gasteiger partial charge in [-0.1, -0.05) is 12.1 Å². The molecule has 5 heteroatoms. The third-order valence-electron chi connectivity index (χ3n) is 2.94. The molecule has 0 aliphatic rings. The third kappa shape index (κ3) is 2.83. The van der Waals surface area contributed by atoms with E-state index in [0.29, 0.717) is 5.75 Å². The highest BCUT2D eigenvalue weighted by atomic mass is 16.5. The van der Waals surface area contributed by atoms with Gasteiger partial charge < -0.3 is 9.47 Å². The molecule has 0 saturated carbocycles. The minimum Gasteiger partial charge on any atom is -0.497 e. The molecular formula is C14H17N3O2. The predicted octanol–water partition coefficient (Wildman–Crippen LogP) is 1.65. The van der Waals surface area contributed by atoms with Gasteiger partial charge in [0.2, 0.25) is 0 Å². The Morgan fingerprint density at radius 1 is 1.21 bits per heavy atom. The lowest BCUT2D eigenvalue weighted by Crippen LogP contribution is -2.29. The van der Waals surface area contributed by atoms with E-state index in [2.05, 4.69) is 10.4 Å². The summed E-state index contributed by atoms with van der Waals surface area (Å²) in [6.07, 6.45) is 3.38. The summed E-state index contributed by atoms with van der Waals surface area (Å²) >= 11 is 0. The second-order valence-electron chi connectivity index (χ2n) is 3.99. The molecule has 1 aromatic heterocycles. The fourth-order valence-corrected chi connectivity index (χ4v) is 1.99. The molecule has 2 rings (SSSR count). The first-order valence-electron chi connectivity index (χ1n) is 5.88. The number of pyridine rings is 1. The molecule has 5 nitrogen and oxygen atoms in total. The number of rotatable bonds is 5. The van der Waals surface area contributed by atoms with Crippen LogP contribution < -0.4 is 20.7 Å². The number of hydrazine groups is 1. The summed E-state index contributed by atoms with van der Waals surface area (Å²) in [5.41, 5.74) is 4.71. The van der Waals surface area contributed by atoms with Gasteiger partial charge in [-0.3, -0.25) is 10.8 Å². The van der Waals surface area contributed by atoms with E-state index in [0.717, 1.165) is 16.9 Å². The molecule has 1 heterocycles. The van der Waals surface area contributed by atoms with E-state index in [4.69, 9.17) is 15.3 Å². The SMILES string of the molecule is COc1cccc(C(NN)c2ccncc2OC)c1. The van der Waals surface area contributed by atoms with Gasteiger partial charge in [0, 0.05) is 11.8 Å². The maximum absolute atomic E-state index is 5.69. The van der Waals surface area contributed by atoms with Crippen molar-refractivity contribution in [3.63, 3.8) is 0 Å². The van der Waals surface area contributed by atoms with E-state index in [1.807, 2.05) is 30.3 Å². The Hall–Kier alpha value is -2.11. The molecule has 1 unspecified atom stereocenters. The second-order valence-corrected chi connectivity index (χ2v) is 3.99. The van der Waals surface area contributed by atoms with Gasteiger partial charge in [-0.05, 0) is 23.8 Å². The average molecular weight is 259 g/mol. The summed E-state index contributed by atoms with van der Waals surface area (Å²) < 4.78 is 10.5. The maximum atomic E-state index is 5.69.